The second kappa shape index (κ2) is 6.47. The van der Waals surface area contributed by atoms with Crippen molar-refractivity contribution < 1.29 is 13.2 Å². The SMILES string of the molecule is CCNc1ccc(C)cc1C(=O)NC1CCS(=O)(=O)CC1. The number of benzene rings is 1. The first kappa shape index (κ1) is 15.8. The van der Waals surface area contributed by atoms with Crippen molar-refractivity contribution in [2.24, 2.45) is 0 Å². The standard InChI is InChI=1S/C15H22N2O3S/c1-3-16-14-5-4-11(2)10-13(14)15(18)17-12-6-8-21(19,20)9-7-12/h4-5,10,12,16H,3,6-9H2,1-2H3,(H,17,18). The van der Waals surface area contributed by atoms with Gasteiger partial charge in [0.05, 0.1) is 17.1 Å². The van der Waals surface area contributed by atoms with E-state index in [2.05, 4.69) is 10.6 Å². The highest BCUT2D eigenvalue weighted by atomic mass is 32.2. The molecule has 0 saturated carbocycles. The summed E-state index contributed by atoms with van der Waals surface area (Å²) in [5, 5.41) is 6.13. The Balaban J connectivity index is 2.08. The highest BCUT2D eigenvalue weighted by molar-refractivity contribution is 7.91. The summed E-state index contributed by atoms with van der Waals surface area (Å²) in [7, 11) is -2.90. The molecule has 1 aromatic carbocycles. The van der Waals surface area contributed by atoms with E-state index >= 15 is 0 Å². The third kappa shape index (κ3) is 4.20. The number of nitrogens with one attached hydrogen (secondary N) is 2. The first-order chi connectivity index (χ1) is 9.91. The van der Waals surface area contributed by atoms with Crippen molar-refractivity contribution in [3.8, 4) is 0 Å². The first-order valence-electron chi connectivity index (χ1n) is 7.27. The molecule has 21 heavy (non-hydrogen) atoms. The van der Waals surface area contributed by atoms with Crippen molar-refractivity contribution in [3.05, 3.63) is 29.3 Å². The van der Waals surface area contributed by atoms with E-state index in [1.807, 2.05) is 32.0 Å². The average molecular weight is 310 g/mol. The number of hydrogen-bond acceptors (Lipinski definition) is 4. The molecule has 1 aliphatic heterocycles. The van der Waals surface area contributed by atoms with Gasteiger partial charge < -0.3 is 10.6 Å². The van der Waals surface area contributed by atoms with E-state index in [1.165, 1.54) is 0 Å². The van der Waals surface area contributed by atoms with Crippen molar-refractivity contribution in [2.75, 3.05) is 23.4 Å². The number of aryl methyl sites for hydroxylation is 1. The van der Waals surface area contributed by atoms with Gasteiger partial charge in [0.2, 0.25) is 0 Å². The Morgan fingerprint density at radius 1 is 1.29 bits per heavy atom. The molecule has 0 atom stereocenters. The lowest BCUT2D eigenvalue weighted by Gasteiger charge is -2.23. The van der Waals surface area contributed by atoms with Crippen LogP contribution in [0.15, 0.2) is 18.2 Å². The van der Waals surface area contributed by atoms with Crippen molar-refractivity contribution in [1.82, 2.24) is 5.32 Å². The van der Waals surface area contributed by atoms with Gasteiger partial charge in [-0.15, -0.1) is 0 Å². The van der Waals surface area contributed by atoms with Gasteiger partial charge in [-0.3, -0.25) is 4.79 Å². The summed E-state index contributed by atoms with van der Waals surface area (Å²) in [4.78, 5) is 12.4. The summed E-state index contributed by atoms with van der Waals surface area (Å²) in [6.07, 6.45) is 0.993. The minimum absolute atomic E-state index is 0.0592. The van der Waals surface area contributed by atoms with Crippen LogP contribution in [-0.4, -0.2) is 38.4 Å². The van der Waals surface area contributed by atoms with Crippen LogP contribution in [0.1, 0.15) is 35.7 Å². The molecule has 1 aliphatic rings. The molecule has 5 nitrogen and oxygen atoms in total. The van der Waals surface area contributed by atoms with Crippen LogP contribution in [0.25, 0.3) is 0 Å². The average Bonchev–Trinajstić information content (AvgIpc) is 2.43. The summed E-state index contributed by atoms with van der Waals surface area (Å²) in [5.41, 5.74) is 2.45. The van der Waals surface area contributed by atoms with Crippen LogP contribution in [0.3, 0.4) is 0 Å². The monoisotopic (exact) mass is 310 g/mol. The topological polar surface area (TPSA) is 75.3 Å². The molecule has 0 unspecified atom stereocenters. The third-order valence-electron chi connectivity index (χ3n) is 3.68. The molecule has 116 valence electrons. The number of carbonyl (C=O) groups excluding carboxylic acids is 1. The first-order valence-corrected chi connectivity index (χ1v) is 9.09. The normalized spacial score (nSPS) is 18.2. The minimum atomic E-state index is -2.90. The summed E-state index contributed by atoms with van der Waals surface area (Å²) in [6, 6.07) is 5.66. The summed E-state index contributed by atoms with van der Waals surface area (Å²) >= 11 is 0. The lowest BCUT2D eigenvalue weighted by Crippen LogP contribution is -2.41. The quantitative estimate of drug-likeness (QED) is 0.888. The van der Waals surface area contributed by atoms with Crippen molar-refractivity contribution in [1.29, 1.82) is 0 Å². The minimum Gasteiger partial charge on any atom is -0.385 e. The number of hydrogen-bond donors (Lipinski definition) is 2. The molecule has 0 radical (unpaired) electrons. The van der Waals surface area contributed by atoms with Gasteiger partial charge in [0.1, 0.15) is 9.84 Å². The predicted molar refractivity (Wildman–Crippen MR) is 84.5 cm³/mol. The Hall–Kier alpha value is -1.56. The Bertz CT molecular complexity index is 612. The van der Waals surface area contributed by atoms with E-state index in [4.69, 9.17) is 0 Å². The van der Waals surface area contributed by atoms with Gasteiger partial charge in [-0.25, -0.2) is 8.42 Å². The Morgan fingerprint density at radius 3 is 2.57 bits per heavy atom. The van der Waals surface area contributed by atoms with Crippen LogP contribution in [0.4, 0.5) is 5.69 Å². The smallest absolute Gasteiger partial charge is 0.253 e. The molecule has 0 spiro atoms. The molecule has 1 amide bonds. The van der Waals surface area contributed by atoms with E-state index in [1.54, 1.807) is 0 Å². The molecule has 0 bridgehead atoms. The van der Waals surface area contributed by atoms with Gasteiger partial charge in [0, 0.05) is 18.3 Å². The molecule has 1 fully saturated rings. The molecule has 1 heterocycles. The van der Waals surface area contributed by atoms with Crippen LogP contribution in [0.5, 0.6) is 0 Å². The fourth-order valence-electron chi connectivity index (χ4n) is 2.49. The highest BCUT2D eigenvalue weighted by Gasteiger charge is 2.25. The van der Waals surface area contributed by atoms with E-state index in [-0.39, 0.29) is 23.5 Å². The summed E-state index contributed by atoms with van der Waals surface area (Å²) < 4.78 is 22.8. The Kier molecular flexibility index (Phi) is 4.88. The molecule has 0 aromatic heterocycles. The van der Waals surface area contributed by atoms with E-state index in [0.29, 0.717) is 18.4 Å². The van der Waals surface area contributed by atoms with Gasteiger partial charge in [0.15, 0.2) is 0 Å². The number of amides is 1. The Morgan fingerprint density at radius 2 is 1.95 bits per heavy atom. The lowest BCUT2D eigenvalue weighted by molar-refractivity contribution is 0.0935. The maximum Gasteiger partial charge on any atom is 0.253 e. The van der Waals surface area contributed by atoms with Gasteiger partial charge in [0.25, 0.3) is 5.91 Å². The van der Waals surface area contributed by atoms with Gasteiger partial charge in [-0.2, -0.15) is 0 Å². The molecule has 1 aromatic rings. The molecule has 6 heteroatoms. The second-order valence-electron chi connectivity index (χ2n) is 5.48. The van der Waals surface area contributed by atoms with Crippen LogP contribution < -0.4 is 10.6 Å². The van der Waals surface area contributed by atoms with Gasteiger partial charge in [-0.1, -0.05) is 11.6 Å². The maximum atomic E-state index is 12.4. The largest absolute Gasteiger partial charge is 0.385 e. The molecule has 1 saturated heterocycles. The molecular weight excluding hydrogens is 288 g/mol. The second-order valence-corrected chi connectivity index (χ2v) is 7.78. The van der Waals surface area contributed by atoms with Crippen molar-refractivity contribution >= 4 is 21.4 Å². The Labute approximate surface area is 126 Å². The number of rotatable bonds is 4. The zero-order valence-electron chi connectivity index (χ0n) is 12.5. The van der Waals surface area contributed by atoms with Crippen LogP contribution >= 0.6 is 0 Å². The highest BCUT2D eigenvalue weighted by Crippen LogP contribution is 2.19. The van der Waals surface area contributed by atoms with Gasteiger partial charge in [-0.05, 0) is 38.8 Å². The summed E-state index contributed by atoms with van der Waals surface area (Å²) in [5.74, 6) is 0.177. The van der Waals surface area contributed by atoms with Crippen LogP contribution in [0, 0.1) is 6.92 Å². The van der Waals surface area contributed by atoms with Crippen molar-refractivity contribution in [3.63, 3.8) is 0 Å². The lowest BCUT2D eigenvalue weighted by atomic mass is 10.1. The number of carbonyl (C=O) groups is 1. The van der Waals surface area contributed by atoms with Crippen molar-refractivity contribution in [2.45, 2.75) is 32.7 Å². The third-order valence-corrected chi connectivity index (χ3v) is 5.39. The van der Waals surface area contributed by atoms with E-state index < -0.39 is 9.84 Å². The fraction of sp³-hybridized carbons (Fsp3) is 0.533. The van der Waals surface area contributed by atoms with E-state index in [9.17, 15) is 13.2 Å². The van der Waals surface area contributed by atoms with Gasteiger partial charge >= 0.3 is 0 Å². The van der Waals surface area contributed by atoms with Crippen LogP contribution in [0.2, 0.25) is 0 Å². The zero-order valence-corrected chi connectivity index (χ0v) is 13.3. The fourth-order valence-corrected chi connectivity index (χ4v) is 3.98. The molecule has 2 rings (SSSR count). The van der Waals surface area contributed by atoms with E-state index in [0.717, 1.165) is 17.8 Å². The zero-order chi connectivity index (χ0) is 15.5. The maximum absolute atomic E-state index is 12.4. The molecule has 0 aliphatic carbocycles. The summed E-state index contributed by atoms with van der Waals surface area (Å²) in [6.45, 7) is 4.66. The number of sulfone groups is 1. The predicted octanol–water partition coefficient (Wildman–Crippen LogP) is 1.73. The van der Waals surface area contributed by atoms with Crippen LogP contribution in [-0.2, 0) is 9.84 Å². The number of anilines is 1. The molecule has 2 N–H and O–H groups in total. The molecular formula is C15H22N2O3S.